The van der Waals surface area contributed by atoms with Crippen LogP contribution in [0.1, 0.15) is 278 Å². The lowest BCUT2D eigenvalue weighted by atomic mass is 10.0. The van der Waals surface area contributed by atoms with E-state index < -0.39 is 6.10 Å². The van der Waals surface area contributed by atoms with E-state index in [1.54, 1.807) is 0 Å². The molecule has 0 spiro atoms. The van der Waals surface area contributed by atoms with Gasteiger partial charge in [-0.2, -0.15) is 0 Å². The fourth-order valence-electron chi connectivity index (χ4n) is 7.44. The number of rotatable bonds is 46. The van der Waals surface area contributed by atoms with Crippen LogP contribution in [0.2, 0.25) is 0 Å². The molecule has 6 nitrogen and oxygen atoms in total. The number of carbonyl (C=O) groups excluding carboxylic acids is 3. The molecule has 0 radical (unpaired) electrons. The number of hydrogen-bond acceptors (Lipinski definition) is 6. The molecule has 0 N–H and O–H groups in total. The summed E-state index contributed by atoms with van der Waals surface area (Å²) in [5.74, 6) is -0.863. The average molecular weight is 805 g/mol. The summed E-state index contributed by atoms with van der Waals surface area (Å²) in [5.41, 5.74) is 0. The van der Waals surface area contributed by atoms with E-state index in [1.807, 2.05) is 0 Å². The van der Waals surface area contributed by atoms with Crippen molar-refractivity contribution in [2.24, 2.45) is 0 Å². The number of ether oxygens (including phenoxy) is 3. The first-order valence-electron chi connectivity index (χ1n) is 25.2. The van der Waals surface area contributed by atoms with Crippen molar-refractivity contribution in [1.29, 1.82) is 0 Å². The number of esters is 3. The molecule has 336 valence electrons. The predicted molar refractivity (Wildman–Crippen MR) is 243 cm³/mol. The second-order valence-electron chi connectivity index (χ2n) is 17.1. The predicted octanol–water partition coefficient (Wildman–Crippen LogP) is 16.2. The topological polar surface area (TPSA) is 78.9 Å². The fourth-order valence-corrected chi connectivity index (χ4v) is 7.44. The van der Waals surface area contributed by atoms with Gasteiger partial charge in [-0.15, -0.1) is 0 Å². The van der Waals surface area contributed by atoms with E-state index in [1.165, 1.54) is 173 Å². The molecule has 0 rings (SSSR count). The van der Waals surface area contributed by atoms with Crippen molar-refractivity contribution in [1.82, 2.24) is 0 Å². The van der Waals surface area contributed by atoms with Crippen molar-refractivity contribution in [3.63, 3.8) is 0 Å². The zero-order chi connectivity index (χ0) is 41.5. The molecule has 0 aromatic carbocycles. The van der Waals surface area contributed by atoms with Crippen LogP contribution in [0.4, 0.5) is 0 Å². The summed E-state index contributed by atoms with van der Waals surface area (Å²) >= 11 is 0. The molecule has 6 heteroatoms. The highest BCUT2D eigenvalue weighted by Gasteiger charge is 2.19. The molecule has 0 aliphatic heterocycles. The van der Waals surface area contributed by atoms with Crippen LogP contribution in [0.5, 0.6) is 0 Å². The SMILES string of the molecule is CCCCCC/C=C\CCCCCCCC(=O)OC(COC(=O)CCCCCCCCCCCCCC)COC(=O)CCCCCCCCCCCCCCCC. The van der Waals surface area contributed by atoms with Gasteiger partial charge in [0.2, 0.25) is 0 Å². The van der Waals surface area contributed by atoms with Crippen LogP contribution in [0.3, 0.4) is 0 Å². The molecule has 0 bridgehead atoms. The van der Waals surface area contributed by atoms with E-state index in [0.717, 1.165) is 64.2 Å². The average Bonchev–Trinajstić information content (AvgIpc) is 3.21. The van der Waals surface area contributed by atoms with Gasteiger partial charge in [0.15, 0.2) is 6.10 Å². The summed E-state index contributed by atoms with van der Waals surface area (Å²) in [6.07, 6.45) is 50.4. The zero-order valence-corrected chi connectivity index (χ0v) is 38.4. The quantitative estimate of drug-likeness (QED) is 0.0264. The van der Waals surface area contributed by atoms with Gasteiger partial charge in [-0.1, -0.05) is 226 Å². The van der Waals surface area contributed by atoms with Crippen molar-refractivity contribution in [3.05, 3.63) is 12.2 Å². The van der Waals surface area contributed by atoms with Gasteiger partial charge in [-0.05, 0) is 44.9 Å². The molecular formula is C51H96O6. The Bertz CT molecular complexity index is 885. The Morgan fingerprint density at radius 1 is 0.333 bits per heavy atom. The van der Waals surface area contributed by atoms with Crippen LogP contribution in [0.15, 0.2) is 12.2 Å². The van der Waals surface area contributed by atoms with Gasteiger partial charge >= 0.3 is 17.9 Å². The Hall–Kier alpha value is -1.85. The van der Waals surface area contributed by atoms with Gasteiger partial charge in [0.25, 0.3) is 0 Å². The summed E-state index contributed by atoms with van der Waals surface area (Å²) in [4.78, 5) is 37.9. The second-order valence-corrected chi connectivity index (χ2v) is 17.1. The summed E-state index contributed by atoms with van der Waals surface area (Å²) in [6, 6.07) is 0. The van der Waals surface area contributed by atoms with Gasteiger partial charge in [-0.3, -0.25) is 14.4 Å². The number of hydrogen-bond donors (Lipinski definition) is 0. The monoisotopic (exact) mass is 805 g/mol. The van der Waals surface area contributed by atoms with Gasteiger partial charge in [-0.25, -0.2) is 0 Å². The lowest BCUT2D eigenvalue weighted by Crippen LogP contribution is -2.30. The normalized spacial score (nSPS) is 12.0. The van der Waals surface area contributed by atoms with E-state index in [2.05, 4.69) is 32.9 Å². The van der Waals surface area contributed by atoms with Crippen LogP contribution in [0.25, 0.3) is 0 Å². The van der Waals surface area contributed by atoms with Crippen LogP contribution in [0, 0.1) is 0 Å². The highest BCUT2D eigenvalue weighted by atomic mass is 16.6. The van der Waals surface area contributed by atoms with Crippen molar-refractivity contribution >= 4 is 17.9 Å². The molecule has 0 saturated carbocycles. The molecule has 0 fully saturated rings. The molecule has 1 unspecified atom stereocenters. The minimum absolute atomic E-state index is 0.0683. The summed E-state index contributed by atoms with van der Waals surface area (Å²) in [7, 11) is 0. The molecule has 1 atom stereocenters. The smallest absolute Gasteiger partial charge is 0.306 e. The lowest BCUT2D eigenvalue weighted by molar-refractivity contribution is -0.167. The highest BCUT2D eigenvalue weighted by Crippen LogP contribution is 2.16. The zero-order valence-electron chi connectivity index (χ0n) is 38.4. The molecule has 0 aliphatic carbocycles. The summed E-state index contributed by atoms with van der Waals surface area (Å²) in [5, 5.41) is 0. The molecular weight excluding hydrogens is 709 g/mol. The first kappa shape index (κ1) is 55.2. The molecule has 0 aliphatic rings. The van der Waals surface area contributed by atoms with Gasteiger partial charge in [0.05, 0.1) is 0 Å². The molecule has 0 heterocycles. The van der Waals surface area contributed by atoms with E-state index in [0.29, 0.717) is 19.3 Å². The molecule has 57 heavy (non-hydrogen) atoms. The van der Waals surface area contributed by atoms with E-state index in [4.69, 9.17) is 14.2 Å². The third kappa shape index (κ3) is 45.1. The van der Waals surface area contributed by atoms with Crippen molar-refractivity contribution in [2.75, 3.05) is 13.2 Å². The Balaban J connectivity index is 4.34. The Kier molecular flexibility index (Phi) is 45.3. The van der Waals surface area contributed by atoms with Crippen LogP contribution in [-0.4, -0.2) is 37.2 Å². The van der Waals surface area contributed by atoms with E-state index in [-0.39, 0.29) is 31.1 Å². The Morgan fingerprint density at radius 3 is 0.895 bits per heavy atom. The van der Waals surface area contributed by atoms with Gasteiger partial charge in [0.1, 0.15) is 13.2 Å². The number of carbonyl (C=O) groups is 3. The maximum atomic E-state index is 12.7. The standard InChI is InChI=1S/C51H96O6/c1-4-7-10-13-16-19-22-25-27-29-32-35-38-41-44-50(53)56-47-48(46-55-49(52)43-40-37-34-31-28-24-21-18-15-12-9-6-3)57-51(54)45-42-39-36-33-30-26-23-20-17-14-11-8-5-2/h20,23,48H,4-19,21-22,24-47H2,1-3H3/b23-20-. The van der Waals surface area contributed by atoms with Crippen molar-refractivity contribution in [3.8, 4) is 0 Å². The number of allylic oxidation sites excluding steroid dienone is 2. The second kappa shape index (κ2) is 46.8. The highest BCUT2D eigenvalue weighted by molar-refractivity contribution is 5.71. The lowest BCUT2D eigenvalue weighted by Gasteiger charge is -2.18. The van der Waals surface area contributed by atoms with E-state index in [9.17, 15) is 14.4 Å². The minimum Gasteiger partial charge on any atom is -0.462 e. The third-order valence-corrected chi connectivity index (χ3v) is 11.3. The van der Waals surface area contributed by atoms with Gasteiger partial charge < -0.3 is 14.2 Å². The van der Waals surface area contributed by atoms with Crippen molar-refractivity contribution in [2.45, 2.75) is 284 Å². The fraction of sp³-hybridized carbons (Fsp3) is 0.902. The van der Waals surface area contributed by atoms with Crippen LogP contribution < -0.4 is 0 Å². The van der Waals surface area contributed by atoms with Crippen LogP contribution in [-0.2, 0) is 28.6 Å². The summed E-state index contributed by atoms with van der Waals surface area (Å²) in [6.45, 7) is 6.64. The first-order valence-corrected chi connectivity index (χ1v) is 25.2. The minimum atomic E-state index is -0.766. The van der Waals surface area contributed by atoms with E-state index >= 15 is 0 Å². The third-order valence-electron chi connectivity index (χ3n) is 11.3. The molecule has 0 aromatic rings. The first-order chi connectivity index (χ1) is 28.0. The Labute approximate surface area is 354 Å². The van der Waals surface area contributed by atoms with Gasteiger partial charge in [0, 0.05) is 19.3 Å². The van der Waals surface area contributed by atoms with Crippen molar-refractivity contribution < 1.29 is 28.6 Å². The van der Waals surface area contributed by atoms with Crippen LogP contribution >= 0.6 is 0 Å². The number of unbranched alkanes of at least 4 members (excludes halogenated alkanes) is 33. The Morgan fingerprint density at radius 2 is 0.579 bits per heavy atom. The maximum absolute atomic E-state index is 12.7. The molecule has 0 saturated heterocycles. The largest absolute Gasteiger partial charge is 0.462 e. The molecule has 0 aromatic heterocycles. The maximum Gasteiger partial charge on any atom is 0.306 e. The summed E-state index contributed by atoms with van der Waals surface area (Å²) < 4.78 is 16.8. The molecule has 0 amide bonds.